The standard InChI is InChI=1S/C22H28N2O2/c1-18-8-9-19(2)20(16-18)17-23-11-13-24(14-12-23)22(25)10-15-26-21-6-4-3-5-7-21/h3-9,16H,10-15,17H2,1-2H3. The summed E-state index contributed by atoms with van der Waals surface area (Å²) in [5.74, 6) is 1.01. The Morgan fingerprint density at radius 2 is 1.73 bits per heavy atom. The third-order valence-corrected chi connectivity index (χ3v) is 4.95. The summed E-state index contributed by atoms with van der Waals surface area (Å²) in [5.41, 5.74) is 4.03. The van der Waals surface area contributed by atoms with Crippen LogP contribution in [0.5, 0.6) is 5.75 Å². The fraction of sp³-hybridized carbons (Fsp3) is 0.409. The molecule has 0 bridgehead atoms. The highest BCUT2D eigenvalue weighted by molar-refractivity contribution is 5.76. The average molecular weight is 352 g/mol. The molecule has 4 heteroatoms. The molecule has 0 spiro atoms. The van der Waals surface area contributed by atoms with Gasteiger partial charge in [-0.05, 0) is 37.1 Å². The van der Waals surface area contributed by atoms with E-state index in [2.05, 4.69) is 36.9 Å². The van der Waals surface area contributed by atoms with Gasteiger partial charge in [0.05, 0.1) is 13.0 Å². The monoisotopic (exact) mass is 352 g/mol. The molecule has 0 saturated carbocycles. The second-order valence-corrected chi connectivity index (χ2v) is 7.00. The molecule has 4 nitrogen and oxygen atoms in total. The van der Waals surface area contributed by atoms with Gasteiger partial charge < -0.3 is 9.64 Å². The molecule has 2 aromatic rings. The van der Waals surface area contributed by atoms with Crippen LogP contribution in [0.3, 0.4) is 0 Å². The maximum atomic E-state index is 12.4. The van der Waals surface area contributed by atoms with Gasteiger partial charge in [-0.2, -0.15) is 0 Å². The van der Waals surface area contributed by atoms with E-state index in [0.29, 0.717) is 13.0 Å². The zero-order valence-electron chi connectivity index (χ0n) is 15.8. The van der Waals surface area contributed by atoms with Crippen molar-refractivity contribution in [3.63, 3.8) is 0 Å². The number of para-hydroxylation sites is 1. The first-order chi connectivity index (χ1) is 12.6. The topological polar surface area (TPSA) is 32.8 Å². The van der Waals surface area contributed by atoms with E-state index >= 15 is 0 Å². The third-order valence-electron chi connectivity index (χ3n) is 4.95. The van der Waals surface area contributed by atoms with Crippen molar-refractivity contribution in [1.29, 1.82) is 0 Å². The minimum Gasteiger partial charge on any atom is -0.493 e. The number of hydrogen-bond acceptors (Lipinski definition) is 3. The molecule has 1 aliphatic heterocycles. The molecule has 0 radical (unpaired) electrons. The second kappa shape index (κ2) is 8.86. The van der Waals surface area contributed by atoms with E-state index in [1.807, 2.05) is 35.2 Å². The summed E-state index contributed by atoms with van der Waals surface area (Å²) in [4.78, 5) is 16.8. The largest absolute Gasteiger partial charge is 0.493 e. The predicted molar refractivity (Wildman–Crippen MR) is 104 cm³/mol. The number of carbonyl (C=O) groups excluding carboxylic acids is 1. The molecule has 26 heavy (non-hydrogen) atoms. The molecular formula is C22H28N2O2. The van der Waals surface area contributed by atoms with Crippen LogP contribution in [0.25, 0.3) is 0 Å². The van der Waals surface area contributed by atoms with Crippen molar-refractivity contribution >= 4 is 5.91 Å². The molecule has 1 amide bonds. The fourth-order valence-corrected chi connectivity index (χ4v) is 3.30. The Hall–Kier alpha value is -2.33. The van der Waals surface area contributed by atoms with Gasteiger partial charge in [-0.15, -0.1) is 0 Å². The SMILES string of the molecule is Cc1ccc(C)c(CN2CCN(C(=O)CCOc3ccccc3)CC2)c1. The number of benzene rings is 2. The maximum Gasteiger partial charge on any atom is 0.226 e. The summed E-state index contributed by atoms with van der Waals surface area (Å²) in [7, 11) is 0. The van der Waals surface area contributed by atoms with Crippen molar-refractivity contribution in [3.05, 3.63) is 65.2 Å². The third kappa shape index (κ3) is 5.09. The molecule has 3 rings (SSSR count). The summed E-state index contributed by atoms with van der Waals surface area (Å²) >= 11 is 0. The summed E-state index contributed by atoms with van der Waals surface area (Å²) in [6, 6.07) is 16.3. The zero-order chi connectivity index (χ0) is 18.4. The van der Waals surface area contributed by atoms with Crippen molar-refractivity contribution in [2.45, 2.75) is 26.8 Å². The molecule has 0 N–H and O–H groups in total. The number of amides is 1. The summed E-state index contributed by atoms with van der Waals surface area (Å²) in [5, 5.41) is 0. The van der Waals surface area contributed by atoms with Gasteiger partial charge in [-0.25, -0.2) is 0 Å². The predicted octanol–water partition coefficient (Wildman–Crippen LogP) is 3.42. The number of carbonyl (C=O) groups is 1. The number of hydrogen-bond donors (Lipinski definition) is 0. The Kier molecular flexibility index (Phi) is 6.29. The normalized spacial score (nSPS) is 15.1. The second-order valence-electron chi connectivity index (χ2n) is 7.00. The summed E-state index contributed by atoms with van der Waals surface area (Å²) in [6.45, 7) is 9.16. The lowest BCUT2D eigenvalue weighted by molar-refractivity contribution is -0.133. The molecule has 1 fully saturated rings. The van der Waals surface area contributed by atoms with Crippen LogP contribution in [0.15, 0.2) is 48.5 Å². The molecule has 1 aliphatic rings. The molecule has 0 unspecified atom stereocenters. The maximum absolute atomic E-state index is 12.4. The van der Waals surface area contributed by atoms with Crippen LogP contribution in [0, 0.1) is 13.8 Å². The molecule has 0 aromatic heterocycles. The fourth-order valence-electron chi connectivity index (χ4n) is 3.30. The van der Waals surface area contributed by atoms with Gasteiger partial charge in [0.2, 0.25) is 5.91 Å². The first-order valence-electron chi connectivity index (χ1n) is 9.36. The van der Waals surface area contributed by atoms with Crippen LogP contribution in [0.2, 0.25) is 0 Å². The molecule has 0 aliphatic carbocycles. The lowest BCUT2D eigenvalue weighted by Gasteiger charge is -2.35. The number of ether oxygens (including phenoxy) is 1. The Bertz CT molecular complexity index is 722. The van der Waals surface area contributed by atoms with Crippen molar-refractivity contribution in [1.82, 2.24) is 9.80 Å². The highest BCUT2D eigenvalue weighted by Gasteiger charge is 2.21. The van der Waals surface area contributed by atoms with Crippen molar-refractivity contribution in [2.24, 2.45) is 0 Å². The highest BCUT2D eigenvalue weighted by atomic mass is 16.5. The van der Waals surface area contributed by atoms with Crippen molar-refractivity contribution < 1.29 is 9.53 Å². The van der Waals surface area contributed by atoms with E-state index in [9.17, 15) is 4.79 Å². The van der Waals surface area contributed by atoms with Crippen molar-refractivity contribution in [3.8, 4) is 5.75 Å². The van der Waals surface area contributed by atoms with Crippen LogP contribution < -0.4 is 4.74 Å². The molecule has 0 atom stereocenters. The van der Waals surface area contributed by atoms with E-state index in [1.165, 1.54) is 16.7 Å². The van der Waals surface area contributed by atoms with E-state index in [4.69, 9.17) is 4.74 Å². The van der Waals surface area contributed by atoms with Crippen molar-refractivity contribution in [2.75, 3.05) is 32.8 Å². The number of rotatable bonds is 6. The highest BCUT2D eigenvalue weighted by Crippen LogP contribution is 2.15. The van der Waals surface area contributed by atoms with Gasteiger partial charge in [0.25, 0.3) is 0 Å². The van der Waals surface area contributed by atoms with Gasteiger partial charge in [-0.1, -0.05) is 42.0 Å². The Labute approximate surface area is 156 Å². The Morgan fingerprint density at radius 3 is 2.46 bits per heavy atom. The molecular weight excluding hydrogens is 324 g/mol. The van der Waals surface area contributed by atoms with Gasteiger partial charge in [0, 0.05) is 32.7 Å². The summed E-state index contributed by atoms with van der Waals surface area (Å²) in [6.07, 6.45) is 0.436. The first kappa shape index (κ1) is 18.5. The van der Waals surface area contributed by atoms with E-state index in [0.717, 1.165) is 38.5 Å². The van der Waals surface area contributed by atoms with Crippen LogP contribution in [0.4, 0.5) is 0 Å². The van der Waals surface area contributed by atoms with Gasteiger partial charge >= 0.3 is 0 Å². The lowest BCUT2D eigenvalue weighted by Crippen LogP contribution is -2.48. The van der Waals surface area contributed by atoms with Gasteiger partial charge in [0.1, 0.15) is 5.75 Å². The summed E-state index contributed by atoms with van der Waals surface area (Å²) < 4.78 is 5.63. The molecule has 1 saturated heterocycles. The van der Waals surface area contributed by atoms with E-state index < -0.39 is 0 Å². The number of aryl methyl sites for hydroxylation is 2. The minimum absolute atomic E-state index is 0.187. The first-order valence-corrected chi connectivity index (χ1v) is 9.36. The minimum atomic E-state index is 0.187. The van der Waals surface area contributed by atoms with Crippen LogP contribution in [-0.4, -0.2) is 48.5 Å². The van der Waals surface area contributed by atoms with Gasteiger partial charge in [-0.3, -0.25) is 9.69 Å². The molecule has 2 aromatic carbocycles. The van der Waals surface area contributed by atoms with E-state index in [-0.39, 0.29) is 5.91 Å². The smallest absolute Gasteiger partial charge is 0.226 e. The average Bonchev–Trinajstić information content (AvgIpc) is 2.66. The van der Waals surface area contributed by atoms with E-state index in [1.54, 1.807) is 0 Å². The molecule has 1 heterocycles. The quantitative estimate of drug-likeness (QED) is 0.799. The number of nitrogens with zero attached hydrogens (tertiary/aromatic N) is 2. The Balaban J connectivity index is 1.41. The van der Waals surface area contributed by atoms with Crippen LogP contribution >= 0.6 is 0 Å². The zero-order valence-corrected chi connectivity index (χ0v) is 15.8. The van der Waals surface area contributed by atoms with Crippen LogP contribution in [0.1, 0.15) is 23.1 Å². The van der Waals surface area contributed by atoms with Crippen LogP contribution in [-0.2, 0) is 11.3 Å². The van der Waals surface area contributed by atoms with Gasteiger partial charge in [0.15, 0.2) is 0 Å². The Morgan fingerprint density at radius 1 is 1.00 bits per heavy atom. The lowest BCUT2D eigenvalue weighted by atomic mass is 10.0. The number of piperazine rings is 1. The molecule has 138 valence electrons.